The van der Waals surface area contributed by atoms with E-state index in [1.54, 1.807) is 24.1 Å². The van der Waals surface area contributed by atoms with Gasteiger partial charge in [0.2, 0.25) is 0 Å². The van der Waals surface area contributed by atoms with Crippen molar-refractivity contribution in [3.63, 3.8) is 0 Å². The maximum Gasteiger partial charge on any atom is 0.291 e. The van der Waals surface area contributed by atoms with Gasteiger partial charge in [-0.3, -0.25) is 9.69 Å². The Bertz CT molecular complexity index is 1230. The third-order valence-corrected chi connectivity index (χ3v) is 7.02. The van der Waals surface area contributed by atoms with E-state index >= 15 is 0 Å². The quantitative estimate of drug-likeness (QED) is 0.239. The Balaban J connectivity index is 1.49. The van der Waals surface area contributed by atoms with Gasteiger partial charge in [-0.2, -0.15) is 0 Å². The van der Waals surface area contributed by atoms with E-state index in [0.29, 0.717) is 33.1 Å². The summed E-state index contributed by atoms with van der Waals surface area (Å²) in [6.45, 7) is 0.724. The summed E-state index contributed by atoms with van der Waals surface area (Å²) in [4.78, 5) is 15.4. The summed E-state index contributed by atoms with van der Waals surface area (Å²) in [6.07, 6.45) is 1.89. The van der Waals surface area contributed by atoms with Crippen LogP contribution in [0, 0.1) is 0 Å². The fourth-order valence-corrected chi connectivity index (χ4v) is 4.94. The third-order valence-electron chi connectivity index (χ3n) is 4.94. The van der Waals surface area contributed by atoms with Crippen LogP contribution in [0.4, 0.5) is 4.79 Å². The van der Waals surface area contributed by atoms with Crippen molar-refractivity contribution in [3.8, 4) is 11.5 Å². The molecule has 1 amide bonds. The van der Waals surface area contributed by atoms with Crippen molar-refractivity contribution in [2.45, 2.75) is 13.2 Å². The van der Waals surface area contributed by atoms with Crippen LogP contribution in [0.3, 0.4) is 0 Å². The van der Waals surface area contributed by atoms with Gasteiger partial charge in [0.25, 0.3) is 5.24 Å². The number of methoxy groups -OCH3 is 1. The van der Waals surface area contributed by atoms with E-state index in [2.05, 4.69) is 0 Å². The Morgan fingerprint density at radius 2 is 1.82 bits per heavy atom. The zero-order chi connectivity index (χ0) is 23.4. The fourth-order valence-electron chi connectivity index (χ4n) is 3.24. The van der Waals surface area contributed by atoms with E-state index < -0.39 is 0 Å². The van der Waals surface area contributed by atoms with Crippen LogP contribution in [-0.2, 0) is 13.2 Å². The minimum Gasteiger partial charge on any atom is -0.493 e. The molecule has 0 aliphatic carbocycles. The Kier molecular flexibility index (Phi) is 7.60. The molecule has 1 aliphatic heterocycles. The summed E-state index contributed by atoms with van der Waals surface area (Å²) < 4.78 is 11.4. The first kappa shape index (κ1) is 23.6. The van der Waals surface area contributed by atoms with E-state index in [1.807, 2.05) is 60.7 Å². The minimum atomic E-state index is -0.0816. The maximum atomic E-state index is 12.5. The summed E-state index contributed by atoms with van der Waals surface area (Å²) in [5, 5.41) is 1.03. The summed E-state index contributed by atoms with van der Waals surface area (Å²) in [5.41, 5.74) is 2.70. The molecule has 0 bridgehead atoms. The van der Waals surface area contributed by atoms with E-state index in [0.717, 1.165) is 33.4 Å². The number of thioether (sulfide) groups is 1. The fraction of sp³-hybridized carbons (Fsp3) is 0.120. The van der Waals surface area contributed by atoms with Crippen LogP contribution in [0.25, 0.3) is 6.08 Å². The van der Waals surface area contributed by atoms with Gasteiger partial charge in [0.15, 0.2) is 11.5 Å². The number of hydrogen-bond acceptors (Lipinski definition) is 5. The first-order valence-corrected chi connectivity index (χ1v) is 12.0. The molecular formula is C25H19Cl2NO3S2. The van der Waals surface area contributed by atoms with Gasteiger partial charge in [-0.1, -0.05) is 77.9 Å². The summed E-state index contributed by atoms with van der Waals surface area (Å²) in [5.74, 6) is 1.14. The van der Waals surface area contributed by atoms with Crippen molar-refractivity contribution in [2.75, 3.05) is 7.11 Å². The highest BCUT2D eigenvalue weighted by atomic mass is 35.5. The Morgan fingerprint density at radius 3 is 2.55 bits per heavy atom. The van der Waals surface area contributed by atoms with Crippen LogP contribution < -0.4 is 9.47 Å². The lowest BCUT2D eigenvalue weighted by Gasteiger charge is -2.14. The van der Waals surface area contributed by atoms with Crippen molar-refractivity contribution in [2.24, 2.45) is 0 Å². The van der Waals surface area contributed by atoms with Gasteiger partial charge in [0, 0.05) is 15.6 Å². The summed E-state index contributed by atoms with van der Waals surface area (Å²) >= 11 is 18.9. The van der Waals surface area contributed by atoms with Gasteiger partial charge in [-0.15, -0.1) is 0 Å². The van der Waals surface area contributed by atoms with Gasteiger partial charge in [0.05, 0.1) is 18.6 Å². The smallest absolute Gasteiger partial charge is 0.291 e. The molecule has 0 saturated carbocycles. The van der Waals surface area contributed by atoms with E-state index in [9.17, 15) is 4.79 Å². The highest BCUT2D eigenvalue weighted by Crippen LogP contribution is 2.36. The van der Waals surface area contributed by atoms with Crippen LogP contribution in [0.2, 0.25) is 10.0 Å². The monoisotopic (exact) mass is 515 g/mol. The minimum absolute atomic E-state index is 0.0816. The van der Waals surface area contributed by atoms with Crippen LogP contribution in [0.1, 0.15) is 16.7 Å². The molecule has 168 valence electrons. The average molecular weight is 516 g/mol. The molecule has 1 fully saturated rings. The number of benzene rings is 3. The number of carbonyl (C=O) groups excluding carboxylic acids is 1. The largest absolute Gasteiger partial charge is 0.493 e. The standard InChI is InChI=1S/C25H19Cl2NO3S2/c1-30-22-11-17(7-10-21(22)31-15-18-8-9-19(26)13-20(18)27)12-23-24(32)28(25(29)33-23)14-16-5-3-2-4-6-16/h2-13H,14-15H2,1H3/b23-12-. The second-order valence-electron chi connectivity index (χ2n) is 7.19. The van der Waals surface area contributed by atoms with E-state index in [-0.39, 0.29) is 11.8 Å². The zero-order valence-electron chi connectivity index (χ0n) is 17.6. The van der Waals surface area contributed by atoms with Gasteiger partial charge >= 0.3 is 0 Å². The van der Waals surface area contributed by atoms with Crippen molar-refractivity contribution in [3.05, 3.63) is 98.4 Å². The molecule has 0 radical (unpaired) electrons. The predicted molar refractivity (Wildman–Crippen MR) is 139 cm³/mol. The third kappa shape index (κ3) is 5.71. The second-order valence-corrected chi connectivity index (χ2v) is 9.41. The molecule has 0 spiro atoms. The number of thiocarbonyl (C=S) groups is 1. The molecule has 33 heavy (non-hydrogen) atoms. The van der Waals surface area contributed by atoms with Gasteiger partial charge < -0.3 is 9.47 Å². The molecule has 3 aromatic carbocycles. The number of halogens is 2. The number of hydrogen-bond donors (Lipinski definition) is 0. The Hall–Kier alpha value is -2.51. The highest BCUT2D eigenvalue weighted by molar-refractivity contribution is 8.19. The predicted octanol–water partition coefficient (Wildman–Crippen LogP) is 7.62. The lowest BCUT2D eigenvalue weighted by molar-refractivity contribution is 0.244. The maximum absolute atomic E-state index is 12.5. The zero-order valence-corrected chi connectivity index (χ0v) is 20.7. The molecule has 1 aliphatic rings. The molecule has 0 N–H and O–H groups in total. The summed E-state index contributed by atoms with van der Waals surface area (Å²) in [6, 6.07) is 20.6. The molecule has 4 rings (SSSR count). The van der Waals surface area contributed by atoms with Gasteiger partial charge in [0.1, 0.15) is 11.6 Å². The number of nitrogens with zero attached hydrogens (tertiary/aromatic N) is 1. The SMILES string of the molecule is COc1cc(/C=C2\SC(=O)N(Cc3ccccc3)C2=S)ccc1OCc1ccc(Cl)cc1Cl. The molecule has 0 aromatic heterocycles. The lowest BCUT2D eigenvalue weighted by atomic mass is 10.1. The molecule has 0 unspecified atom stereocenters. The molecule has 4 nitrogen and oxygen atoms in total. The second kappa shape index (κ2) is 10.6. The number of rotatable bonds is 7. The van der Waals surface area contributed by atoms with Crippen molar-refractivity contribution in [1.29, 1.82) is 0 Å². The molecule has 8 heteroatoms. The van der Waals surface area contributed by atoms with Crippen LogP contribution >= 0.6 is 47.2 Å². The van der Waals surface area contributed by atoms with Crippen LogP contribution in [-0.4, -0.2) is 22.2 Å². The van der Waals surface area contributed by atoms with Crippen LogP contribution in [0.15, 0.2) is 71.6 Å². The van der Waals surface area contributed by atoms with Crippen molar-refractivity contribution in [1.82, 2.24) is 4.90 Å². The summed E-state index contributed by atoms with van der Waals surface area (Å²) in [7, 11) is 1.58. The molecular weight excluding hydrogens is 497 g/mol. The normalized spacial score (nSPS) is 14.8. The number of ether oxygens (including phenoxy) is 2. The van der Waals surface area contributed by atoms with E-state index in [1.165, 1.54) is 0 Å². The Labute approximate surface area is 212 Å². The highest BCUT2D eigenvalue weighted by Gasteiger charge is 2.31. The first-order valence-electron chi connectivity index (χ1n) is 9.98. The van der Waals surface area contributed by atoms with Gasteiger partial charge in [-0.25, -0.2) is 0 Å². The van der Waals surface area contributed by atoms with Crippen LogP contribution in [0.5, 0.6) is 11.5 Å². The Morgan fingerprint density at radius 1 is 1.03 bits per heavy atom. The van der Waals surface area contributed by atoms with E-state index in [4.69, 9.17) is 44.9 Å². The molecule has 1 heterocycles. The van der Waals surface area contributed by atoms with Crippen molar-refractivity contribution < 1.29 is 14.3 Å². The molecule has 1 saturated heterocycles. The average Bonchev–Trinajstić information content (AvgIpc) is 3.07. The topological polar surface area (TPSA) is 38.8 Å². The molecule has 3 aromatic rings. The van der Waals surface area contributed by atoms with Crippen molar-refractivity contribution >= 4 is 63.5 Å². The first-order chi connectivity index (χ1) is 15.9. The molecule has 0 atom stereocenters. The lowest BCUT2D eigenvalue weighted by Crippen LogP contribution is -2.26. The number of carbonyl (C=O) groups is 1. The van der Waals surface area contributed by atoms with Gasteiger partial charge in [-0.05, 0) is 53.2 Å². The number of amides is 1.